The van der Waals surface area contributed by atoms with E-state index in [1.165, 1.54) is 4.52 Å². The molecular formula is C11H10F3N7. The van der Waals surface area contributed by atoms with E-state index in [1.807, 2.05) is 0 Å². The van der Waals surface area contributed by atoms with E-state index in [1.54, 1.807) is 23.1 Å². The van der Waals surface area contributed by atoms with Crippen molar-refractivity contribution in [3.05, 3.63) is 36.5 Å². The standard InChI is InChI=1S/C11H10F3N7/c12-11(13,14)8-6-9(21-10(19-8)16-7-18-21)15-3-5-20-4-1-2-17-20/h1-2,4,6-7,15H,3,5H2. The van der Waals surface area contributed by atoms with Gasteiger partial charge in [0.15, 0.2) is 5.69 Å². The third-order valence-corrected chi connectivity index (χ3v) is 2.75. The summed E-state index contributed by atoms with van der Waals surface area (Å²) in [5.74, 6) is 0.0726. The van der Waals surface area contributed by atoms with E-state index in [0.717, 1.165) is 12.4 Å². The molecule has 1 N–H and O–H groups in total. The van der Waals surface area contributed by atoms with Crippen LogP contribution in [0.5, 0.6) is 0 Å². The molecule has 0 amide bonds. The Morgan fingerprint density at radius 2 is 2.10 bits per heavy atom. The smallest absolute Gasteiger partial charge is 0.368 e. The molecule has 3 heterocycles. The second-order valence-electron chi connectivity index (χ2n) is 4.19. The molecule has 3 rings (SSSR count). The van der Waals surface area contributed by atoms with Crippen LogP contribution >= 0.6 is 0 Å². The van der Waals surface area contributed by atoms with Crippen LogP contribution in [0.1, 0.15) is 5.69 Å². The van der Waals surface area contributed by atoms with Crippen LogP contribution in [0.3, 0.4) is 0 Å². The van der Waals surface area contributed by atoms with E-state index in [9.17, 15) is 13.2 Å². The molecule has 0 saturated carbocycles. The second kappa shape index (κ2) is 5.04. The number of hydrogen-bond donors (Lipinski definition) is 1. The Kier molecular flexibility index (Phi) is 3.20. The van der Waals surface area contributed by atoms with Crippen molar-refractivity contribution in [1.82, 2.24) is 29.4 Å². The quantitative estimate of drug-likeness (QED) is 0.789. The van der Waals surface area contributed by atoms with Gasteiger partial charge in [0.05, 0.1) is 6.54 Å². The first-order valence-corrected chi connectivity index (χ1v) is 6.03. The molecule has 21 heavy (non-hydrogen) atoms. The molecule has 0 atom stereocenters. The van der Waals surface area contributed by atoms with Crippen molar-refractivity contribution in [3.8, 4) is 0 Å². The molecule has 0 aliphatic rings. The molecule has 3 aromatic rings. The number of anilines is 1. The number of hydrogen-bond acceptors (Lipinski definition) is 5. The number of nitrogens with one attached hydrogen (secondary N) is 1. The van der Waals surface area contributed by atoms with Crippen molar-refractivity contribution in [1.29, 1.82) is 0 Å². The zero-order valence-corrected chi connectivity index (χ0v) is 10.6. The zero-order chi connectivity index (χ0) is 14.9. The molecule has 0 aliphatic carbocycles. The van der Waals surface area contributed by atoms with Gasteiger partial charge in [-0.15, -0.1) is 0 Å². The van der Waals surface area contributed by atoms with Gasteiger partial charge < -0.3 is 5.32 Å². The Bertz CT molecular complexity index is 732. The lowest BCUT2D eigenvalue weighted by Crippen LogP contribution is -2.16. The maximum Gasteiger partial charge on any atom is 0.433 e. The van der Waals surface area contributed by atoms with Crippen LogP contribution in [0, 0.1) is 0 Å². The minimum absolute atomic E-state index is 0.105. The van der Waals surface area contributed by atoms with Gasteiger partial charge in [-0.1, -0.05) is 0 Å². The Hall–Kier alpha value is -2.65. The molecular weight excluding hydrogens is 287 g/mol. The minimum Gasteiger partial charge on any atom is -0.368 e. The Morgan fingerprint density at radius 3 is 2.81 bits per heavy atom. The fourth-order valence-electron chi connectivity index (χ4n) is 1.81. The highest BCUT2D eigenvalue weighted by molar-refractivity contribution is 5.45. The minimum atomic E-state index is -4.54. The number of alkyl halides is 3. The zero-order valence-electron chi connectivity index (χ0n) is 10.6. The summed E-state index contributed by atoms with van der Waals surface area (Å²) >= 11 is 0. The van der Waals surface area contributed by atoms with E-state index in [2.05, 4.69) is 25.5 Å². The fourth-order valence-corrected chi connectivity index (χ4v) is 1.81. The summed E-state index contributed by atoms with van der Waals surface area (Å²) in [6.45, 7) is 0.894. The molecule has 10 heteroatoms. The van der Waals surface area contributed by atoms with Crippen LogP contribution in [0.25, 0.3) is 5.78 Å². The Labute approximate surface area is 116 Å². The van der Waals surface area contributed by atoms with Crippen LogP contribution in [-0.2, 0) is 12.7 Å². The van der Waals surface area contributed by atoms with E-state index in [0.29, 0.717) is 13.1 Å². The summed E-state index contributed by atoms with van der Waals surface area (Å²) in [6, 6.07) is 2.68. The van der Waals surface area contributed by atoms with Gasteiger partial charge >= 0.3 is 6.18 Å². The molecule has 0 fully saturated rings. The van der Waals surface area contributed by atoms with Gasteiger partial charge in [-0.25, -0.2) is 4.98 Å². The largest absolute Gasteiger partial charge is 0.433 e. The van der Waals surface area contributed by atoms with Crippen molar-refractivity contribution >= 4 is 11.6 Å². The number of aromatic nitrogens is 6. The summed E-state index contributed by atoms with van der Waals surface area (Å²) in [5, 5.41) is 10.7. The second-order valence-corrected chi connectivity index (χ2v) is 4.19. The van der Waals surface area contributed by atoms with E-state index >= 15 is 0 Å². The van der Waals surface area contributed by atoms with Crippen molar-refractivity contribution in [2.75, 3.05) is 11.9 Å². The SMILES string of the molecule is FC(F)(F)c1cc(NCCn2cccn2)n2ncnc2n1. The van der Waals surface area contributed by atoms with Crippen molar-refractivity contribution in [3.63, 3.8) is 0 Å². The predicted molar refractivity (Wildman–Crippen MR) is 66.5 cm³/mol. The molecule has 0 bridgehead atoms. The maximum atomic E-state index is 12.8. The van der Waals surface area contributed by atoms with Crippen LogP contribution in [0.2, 0.25) is 0 Å². The predicted octanol–water partition coefficient (Wildman–Crippen LogP) is 1.45. The van der Waals surface area contributed by atoms with Crippen molar-refractivity contribution in [2.24, 2.45) is 0 Å². The maximum absolute atomic E-state index is 12.8. The Morgan fingerprint density at radius 1 is 1.24 bits per heavy atom. The summed E-state index contributed by atoms with van der Waals surface area (Å²) in [5.41, 5.74) is -1.01. The third kappa shape index (κ3) is 2.78. The van der Waals surface area contributed by atoms with Crippen LogP contribution < -0.4 is 5.32 Å². The molecule has 0 unspecified atom stereocenters. The van der Waals surface area contributed by atoms with E-state index in [4.69, 9.17) is 0 Å². The van der Waals surface area contributed by atoms with Gasteiger partial charge in [0.25, 0.3) is 5.78 Å². The molecule has 110 valence electrons. The van der Waals surface area contributed by atoms with Gasteiger partial charge in [0.2, 0.25) is 0 Å². The lowest BCUT2D eigenvalue weighted by molar-refractivity contribution is -0.141. The molecule has 0 radical (unpaired) electrons. The molecule has 0 aromatic carbocycles. The number of nitrogens with zero attached hydrogens (tertiary/aromatic N) is 6. The molecule has 7 nitrogen and oxygen atoms in total. The monoisotopic (exact) mass is 297 g/mol. The molecule has 0 aliphatic heterocycles. The third-order valence-electron chi connectivity index (χ3n) is 2.75. The lowest BCUT2D eigenvalue weighted by atomic mass is 10.3. The number of fused-ring (bicyclic) bond motifs is 1. The normalized spacial score (nSPS) is 12.0. The topological polar surface area (TPSA) is 72.9 Å². The van der Waals surface area contributed by atoms with Crippen molar-refractivity contribution in [2.45, 2.75) is 12.7 Å². The Balaban J connectivity index is 1.84. The summed E-state index contributed by atoms with van der Waals surface area (Å²) in [6.07, 6.45) is 0.0114. The number of halogens is 3. The van der Waals surface area contributed by atoms with E-state index < -0.39 is 11.9 Å². The molecule has 0 spiro atoms. The van der Waals surface area contributed by atoms with Crippen LogP contribution in [0.15, 0.2) is 30.9 Å². The van der Waals surface area contributed by atoms with Gasteiger partial charge in [0, 0.05) is 25.0 Å². The van der Waals surface area contributed by atoms with Gasteiger partial charge in [-0.05, 0) is 6.07 Å². The van der Waals surface area contributed by atoms with E-state index in [-0.39, 0.29) is 11.6 Å². The molecule has 3 aromatic heterocycles. The summed E-state index contributed by atoms with van der Waals surface area (Å²) in [7, 11) is 0. The van der Waals surface area contributed by atoms with Gasteiger partial charge in [0.1, 0.15) is 12.1 Å². The number of rotatable bonds is 4. The highest BCUT2D eigenvalue weighted by Gasteiger charge is 2.34. The average Bonchev–Trinajstić information content (AvgIpc) is 3.07. The summed E-state index contributed by atoms with van der Waals surface area (Å²) in [4.78, 5) is 7.13. The first kappa shape index (κ1) is 13.3. The summed E-state index contributed by atoms with van der Waals surface area (Å²) < 4.78 is 41.2. The van der Waals surface area contributed by atoms with Gasteiger partial charge in [-0.2, -0.15) is 32.9 Å². The van der Waals surface area contributed by atoms with Gasteiger partial charge in [-0.3, -0.25) is 4.68 Å². The lowest BCUT2D eigenvalue weighted by Gasteiger charge is -2.11. The van der Waals surface area contributed by atoms with Crippen LogP contribution in [0.4, 0.5) is 19.0 Å². The average molecular weight is 297 g/mol. The highest BCUT2D eigenvalue weighted by Crippen LogP contribution is 2.29. The first-order chi connectivity index (χ1) is 10.0. The van der Waals surface area contributed by atoms with Crippen molar-refractivity contribution < 1.29 is 13.2 Å². The first-order valence-electron chi connectivity index (χ1n) is 6.03. The highest BCUT2D eigenvalue weighted by atomic mass is 19.4. The van der Waals surface area contributed by atoms with Crippen LogP contribution in [-0.4, -0.2) is 35.9 Å². The fraction of sp³-hybridized carbons (Fsp3) is 0.273. The molecule has 0 saturated heterocycles.